The van der Waals surface area contributed by atoms with Gasteiger partial charge >= 0.3 is 6.03 Å². The fourth-order valence-corrected chi connectivity index (χ4v) is 3.84. The Kier molecular flexibility index (Phi) is 5.98. The van der Waals surface area contributed by atoms with Gasteiger partial charge in [-0.05, 0) is 18.9 Å². The zero-order valence-electron chi connectivity index (χ0n) is 15.4. The molecule has 2 N–H and O–H groups in total. The SMILES string of the molecule is COc1ccccc1CN1CCN(C(=O)C2CCCN(C(N)=O)C2)CC1. The number of ether oxygens (including phenoxy) is 1. The van der Waals surface area contributed by atoms with Gasteiger partial charge in [-0.1, -0.05) is 18.2 Å². The van der Waals surface area contributed by atoms with Crippen molar-refractivity contribution in [2.75, 3.05) is 46.4 Å². The molecule has 2 fully saturated rings. The number of piperidine rings is 1. The van der Waals surface area contributed by atoms with Gasteiger partial charge in [0.25, 0.3) is 0 Å². The molecule has 1 atom stereocenters. The summed E-state index contributed by atoms with van der Waals surface area (Å²) in [6.07, 6.45) is 1.68. The molecule has 2 saturated heterocycles. The van der Waals surface area contributed by atoms with Crippen molar-refractivity contribution in [1.29, 1.82) is 0 Å². The Morgan fingerprint density at radius 3 is 2.54 bits per heavy atom. The monoisotopic (exact) mass is 360 g/mol. The van der Waals surface area contributed by atoms with E-state index in [4.69, 9.17) is 10.5 Å². The molecule has 3 rings (SSSR count). The third-order valence-electron chi connectivity index (χ3n) is 5.35. The highest BCUT2D eigenvalue weighted by Gasteiger charge is 2.32. The van der Waals surface area contributed by atoms with Crippen LogP contribution in [-0.2, 0) is 11.3 Å². The molecule has 0 bridgehead atoms. The lowest BCUT2D eigenvalue weighted by atomic mass is 9.96. The summed E-state index contributed by atoms with van der Waals surface area (Å²) in [5.41, 5.74) is 6.53. The van der Waals surface area contributed by atoms with Crippen LogP contribution in [0.2, 0.25) is 0 Å². The number of methoxy groups -OCH3 is 1. The van der Waals surface area contributed by atoms with Crippen LogP contribution < -0.4 is 10.5 Å². The van der Waals surface area contributed by atoms with Gasteiger partial charge in [0, 0.05) is 51.4 Å². The fraction of sp³-hybridized carbons (Fsp3) is 0.579. The maximum atomic E-state index is 12.8. The Labute approximate surface area is 154 Å². The van der Waals surface area contributed by atoms with Crippen LogP contribution in [0, 0.1) is 5.92 Å². The number of primary amides is 1. The van der Waals surface area contributed by atoms with Crippen LogP contribution in [0.4, 0.5) is 4.79 Å². The molecule has 26 heavy (non-hydrogen) atoms. The lowest BCUT2D eigenvalue weighted by molar-refractivity contribution is -0.138. The first-order chi connectivity index (χ1) is 12.6. The van der Waals surface area contributed by atoms with Crippen molar-refractivity contribution in [1.82, 2.24) is 14.7 Å². The molecule has 7 heteroatoms. The van der Waals surface area contributed by atoms with E-state index in [1.165, 1.54) is 5.56 Å². The molecule has 7 nitrogen and oxygen atoms in total. The molecule has 0 saturated carbocycles. The van der Waals surface area contributed by atoms with Gasteiger partial charge in [0.1, 0.15) is 5.75 Å². The van der Waals surface area contributed by atoms with E-state index < -0.39 is 6.03 Å². The first kappa shape index (κ1) is 18.5. The van der Waals surface area contributed by atoms with E-state index in [0.717, 1.165) is 51.3 Å². The number of carbonyl (C=O) groups excluding carboxylic acids is 2. The maximum absolute atomic E-state index is 12.8. The predicted molar refractivity (Wildman–Crippen MR) is 98.7 cm³/mol. The van der Waals surface area contributed by atoms with E-state index in [0.29, 0.717) is 13.1 Å². The van der Waals surface area contributed by atoms with Gasteiger partial charge < -0.3 is 20.3 Å². The van der Waals surface area contributed by atoms with Crippen molar-refractivity contribution in [3.8, 4) is 5.75 Å². The highest BCUT2D eigenvalue weighted by Crippen LogP contribution is 2.22. The molecule has 0 aromatic heterocycles. The standard InChI is InChI=1S/C19H28N4O3/c1-26-17-7-3-2-5-15(17)13-21-9-11-22(12-10-21)18(24)16-6-4-8-23(14-16)19(20)25/h2-3,5,7,16H,4,6,8-14H2,1H3,(H2,20,25). The number of hydrogen-bond donors (Lipinski definition) is 1. The van der Waals surface area contributed by atoms with Crippen LogP contribution in [0.1, 0.15) is 18.4 Å². The Morgan fingerprint density at radius 1 is 1.12 bits per heavy atom. The summed E-state index contributed by atoms with van der Waals surface area (Å²) >= 11 is 0. The third-order valence-corrected chi connectivity index (χ3v) is 5.35. The molecule has 1 unspecified atom stereocenters. The summed E-state index contributed by atoms with van der Waals surface area (Å²) < 4.78 is 5.42. The zero-order chi connectivity index (χ0) is 18.5. The number of nitrogens with zero attached hydrogens (tertiary/aromatic N) is 3. The van der Waals surface area contributed by atoms with Crippen molar-refractivity contribution in [3.05, 3.63) is 29.8 Å². The number of rotatable bonds is 4. The van der Waals surface area contributed by atoms with Crippen LogP contribution in [0.3, 0.4) is 0 Å². The molecule has 0 spiro atoms. The van der Waals surface area contributed by atoms with E-state index >= 15 is 0 Å². The summed E-state index contributed by atoms with van der Waals surface area (Å²) in [4.78, 5) is 30.0. The zero-order valence-corrected chi connectivity index (χ0v) is 15.4. The van der Waals surface area contributed by atoms with Crippen molar-refractivity contribution in [3.63, 3.8) is 0 Å². The highest BCUT2D eigenvalue weighted by molar-refractivity contribution is 5.80. The summed E-state index contributed by atoms with van der Waals surface area (Å²) in [5.74, 6) is 0.949. The number of hydrogen-bond acceptors (Lipinski definition) is 4. The van der Waals surface area contributed by atoms with E-state index in [9.17, 15) is 9.59 Å². The van der Waals surface area contributed by atoms with Crippen LogP contribution in [-0.4, -0.2) is 73.0 Å². The van der Waals surface area contributed by atoms with Gasteiger partial charge in [-0.25, -0.2) is 4.79 Å². The topological polar surface area (TPSA) is 79.1 Å². The van der Waals surface area contributed by atoms with E-state index in [2.05, 4.69) is 11.0 Å². The Hall–Kier alpha value is -2.28. The molecule has 1 aromatic carbocycles. The van der Waals surface area contributed by atoms with Crippen molar-refractivity contribution in [2.24, 2.45) is 11.7 Å². The lowest BCUT2D eigenvalue weighted by Crippen LogP contribution is -2.53. The van der Waals surface area contributed by atoms with E-state index in [1.54, 1.807) is 12.0 Å². The Balaban J connectivity index is 1.51. The average Bonchev–Trinajstić information content (AvgIpc) is 2.68. The van der Waals surface area contributed by atoms with Crippen molar-refractivity contribution >= 4 is 11.9 Å². The minimum Gasteiger partial charge on any atom is -0.496 e. The minimum absolute atomic E-state index is 0.114. The summed E-state index contributed by atoms with van der Waals surface area (Å²) in [6.45, 7) is 5.07. The second-order valence-electron chi connectivity index (χ2n) is 7.04. The molecule has 1 aromatic rings. The van der Waals surface area contributed by atoms with Crippen LogP contribution in [0.5, 0.6) is 5.75 Å². The number of urea groups is 1. The molecule has 2 heterocycles. The van der Waals surface area contributed by atoms with Crippen LogP contribution >= 0.6 is 0 Å². The summed E-state index contributed by atoms with van der Waals surface area (Å²) in [5, 5.41) is 0. The minimum atomic E-state index is -0.427. The first-order valence-electron chi connectivity index (χ1n) is 9.26. The van der Waals surface area contributed by atoms with E-state index in [-0.39, 0.29) is 11.8 Å². The normalized spacial score (nSPS) is 21.5. The van der Waals surface area contributed by atoms with Gasteiger partial charge in [-0.2, -0.15) is 0 Å². The smallest absolute Gasteiger partial charge is 0.314 e. The molecule has 142 valence electrons. The van der Waals surface area contributed by atoms with Gasteiger partial charge in [0.15, 0.2) is 0 Å². The third kappa shape index (κ3) is 4.27. The lowest BCUT2D eigenvalue weighted by Gasteiger charge is -2.38. The van der Waals surface area contributed by atoms with Gasteiger partial charge in [-0.15, -0.1) is 0 Å². The van der Waals surface area contributed by atoms with Gasteiger partial charge in [0.05, 0.1) is 13.0 Å². The first-order valence-corrected chi connectivity index (χ1v) is 9.26. The summed E-state index contributed by atoms with van der Waals surface area (Å²) in [7, 11) is 1.69. The number of amides is 3. The molecule has 2 aliphatic rings. The Morgan fingerprint density at radius 2 is 1.85 bits per heavy atom. The number of likely N-dealkylation sites (tertiary alicyclic amines) is 1. The molecule has 2 aliphatic heterocycles. The van der Waals surface area contributed by atoms with Gasteiger partial charge in [0.2, 0.25) is 5.91 Å². The average molecular weight is 360 g/mol. The maximum Gasteiger partial charge on any atom is 0.314 e. The molecule has 0 radical (unpaired) electrons. The quantitative estimate of drug-likeness (QED) is 0.873. The number of nitrogens with two attached hydrogens (primary N) is 1. The van der Waals surface area contributed by atoms with Crippen molar-refractivity contribution < 1.29 is 14.3 Å². The van der Waals surface area contributed by atoms with Crippen molar-refractivity contribution in [2.45, 2.75) is 19.4 Å². The molecular formula is C19H28N4O3. The Bertz CT molecular complexity index is 643. The van der Waals surface area contributed by atoms with Gasteiger partial charge in [-0.3, -0.25) is 9.69 Å². The number of para-hydroxylation sites is 1. The number of carbonyl (C=O) groups is 2. The fourth-order valence-electron chi connectivity index (χ4n) is 3.84. The van der Waals surface area contributed by atoms with Crippen LogP contribution in [0.25, 0.3) is 0 Å². The molecular weight excluding hydrogens is 332 g/mol. The largest absolute Gasteiger partial charge is 0.496 e. The number of benzene rings is 1. The number of piperazine rings is 1. The summed E-state index contributed by atoms with van der Waals surface area (Å²) in [6, 6.07) is 7.62. The second kappa shape index (κ2) is 8.40. The second-order valence-corrected chi connectivity index (χ2v) is 7.04. The van der Waals surface area contributed by atoms with Crippen LogP contribution in [0.15, 0.2) is 24.3 Å². The van der Waals surface area contributed by atoms with E-state index in [1.807, 2.05) is 23.1 Å². The molecule has 0 aliphatic carbocycles. The predicted octanol–water partition coefficient (Wildman–Crippen LogP) is 1.13. The highest BCUT2D eigenvalue weighted by atomic mass is 16.5. The molecule has 3 amide bonds.